The lowest BCUT2D eigenvalue weighted by atomic mass is 9.73. The van der Waals surface area contributed by atoms with Crippen LogP contribution in [-0.2, 0) is 11.0 Å². The van der Waals surface area contributed by atoms with Gasteiger partial charge in [-0.15, -0.1) is 5.10 Å². The Balaban J connectivity index is 1.93. The van der Waals surface area contributed by atoms with Crippen molar-refractivity contribution >= 4 is 11.7 Å². The van der Waals surface area contributed by atoms with Crippen LogP contribution in [0.2, 0.25) is 0 Å². The summed E-state index contributed by atoms with van der Waals surface area (Å²) in [6.07, 6.45) is -4.02. The van der Waals surface area contributed by atoms with Crippen LogP contribution in [0.3, 0.4) is 0 Å². The molecular weight excluding hydrogens is 364 g/mol. The fourth-order valence-corrected chi connectivity index (χ4v) is 3.71. The van der Waals surface area contributed by atoms with E-state index in [4.69, 9.17) is 0 Å². The fraction of sp³-hybridized carbons (Fsp3) is 0.389. The molecular formula is C18H16F4N4O. The maximum absolute atomic E-state index is 13.8. The Labute approximate surface area is 152 Å². The molecule has 1 N–H and O–H groups in total. The number of nitrogens with one attached hydrogen (secondary N) is 1. The SMILES string of the molecule is CC1(C)CC(=O)C2=C(C1)Nc1nc(C(F)(F)F)nn1[C@H]2c1cccc(F)c1. The number of hydrogen-bond donors (Lipinski definition) is 1. The highest BCUT2D eigenvalue weighted by Gasteiger charge is 2.44. The van der Waals surface area contributed by atoms with Crippen LogP contribution < -0.4 is 5.32 Å². The van der Waals surface area contributed by atoms with Crippen LogP contribution in [0, 0.1) is 11.2 Å². The summed E-state index contributed by atoms with van der Waals surface area (Å²) in [7, 11) is 0. The summed E-state index contributed by atoms with van der Waals surface area (Å²) in [6, 6.07) is 4.49. The van der Waals surface area contributed by atoms with Gasteiger partial charge in [0.2, 0.25) is 5.95 Å². The molecule has 1 aliphatic heterocycles. The highest BCUT2D eigenvalue weighted by atomic mass is 19.4. The smallest absolute Gasteiger partial charge is 0.328 e. The number of fused-ring (bicyclic) bond motifs is 1. The normalized spacial score (nSPS) is 21.6. The van der Waals surface area contributed by atoms with Crippen molar-refractivity contribution < 1.29 is 22.4 Å². The number of rotatable bonds is 1. The van der Waals surface area contributed by atoms with Crippen molar-refractivity contribution in [2.75, 3.05) is 5.32 Å². The van der Waals surface area contributed by atoms with Gasteiger partial charge in [-0.05, 0) is 29.5 Å². The van der Waals surface area contributed by atoms with Gasteiger partial charge in [0.05, 0.1) is 0 Å². The lowest BCUT2D eigenvalue weighted by Crippen LogP contribution is -2.36. The molecule has 5 nitrogen and oxygen atoms in total. The summed E-state index contributed by atoms with van der Waals surface area (Å²) >= 11 is 0. The van der Waals surface area contributed by atoms with Crippen molar-refractivity contribution in [3.63, 3.8) is 0 Å². The largest absolute Gasteiger partial charge is 0.453 e. The van der Waals surface area contributed by atoms with Crippen LogP contribution in [0.4, 0.5) is 23.5 Å². The molecule has 0 saturated carbocycles. The summed E-state index contributed by atoms with van der Waals surface area (Å²) in [5.41, 5.74) is 0.826. The van der Waals surface area contributed by atoms with Gasteiger partial charge in [0.25, 0.3) is 5.82 Å². The second-order valence-corrected chi connectivity index (χ2v) is 7.62. The van der Waals surface area contributed by atoms with E-state index in [1.54, 1.807) is 6.07 Å². The predicted octanol–water partition coefficient (Wildman–Crippen LogP) is 4.09. The lowest BCUT2D eigenvalue weighted by Gasteiger charge is -2.38. The van der Waals surface area contributed by atoms with E-state index in [-0.39, 0.29) is 23.6 Å². The maximum atomic E-state index is 13.8. The van der Waals surface area contributed by atoms with Crippen LogP contribution in [0.15, 0.2) is 35.5 Å². The molecule has 2 aromatic rings. The van der Waals surface area contributed by atoms with Crippen LogP contribution in [0.25, 0.3) is 0 Å². The second-order valence-electron chi connectivity index (χ2n) is 7.62. The quantitative estimate of drug-likeness (QED) is 0.757. The van der Waals surface area contributed by atoms with Crippen LogP contribution >= 0.6 is 0 Å². The number of carbonyl (C=O) groups excluding carboxylic acids is 1. The minimum atomic E-state index is -4.73. The average Bonchev–Trinajstić information content (AvgIpc) is 2.95. The van der Waals surface area contributed by atoms with Gasteiger partial charge >= 0.3 is 6.18 Å². The molecule has 0 radical (unpaired) electrons. The van der Waals surface area contributed by atoms with E-state index < -0.39 is 23.9 Å². The Kier molecular flexibility index (Phi) is 3.70. The summed E-state index contributed by atoms with van der Waals surface area (Å²) in [5.74, 6) is -2.16. The van der Waals surface area contributed by atoms with Gasteiger partial charge in [-0.1, -0.05) is 26.0 Å². The zero-order valence-corrected chi connectivity index (χ0v) is 14.6. The third kappa shape index (κ3) is 3.00. The molecule has 1 aromatic carbocycles. The van der Waals surface area contributed by atoms with Gasteiger partial charge in [-0.2, -0.15) is 18.2 Å². The fourth-order valence-electron chi connectivity index (χ4n) is 3.71. The molecule has 1 aliphatic carbocycles. The minimum absolute atomic E-state index is 0.110. The molecule has 9 heteroatoms. The number of allylic oxidation sites excluding steroid dienone is 2. The molecule has 1 aromatic heterocycles. The van der Waals surface area contributed by atoms with Gasteiger partial charge in [-0.3, -0.25) is 4.79 Å². The van der Waals surface area contributed by atoms with Crippen LogP contribution in [-0.4, -0.2) is 20.5 Å². The standard InChI is InChI=1S/C18H16F4N4O/c1-17(2)7-11-13(12(27)8-17)14(9-4-3-5-10(19)6-9)26-16(23-11)24-15(25-26)18(20,21)22/h3-6,14H,7-8H2,1-2H3,(H,23,24,25)/t14-/m0/s1. The first-order valence-corrected chi connectivity index (χ1v) is 8.38. The van der Waals surface area contributed by atoms with Crippen molar-refractivity contribution in [2.45, 2.75) is 38.9 Å². The Morgan fingerprint density at radius 2 is 2.00 bits per heavy atom. The van der Waals surface area contributed by atoms with Gasteiger partial charge in [0, 0.05) is 17.7 Å². The molecule has 2 heterocycles. The highest BCUT2D eigenvalue weighted by Crippen LogP contribution is 2.45. The van der Waals surface area contributed by atoms with E-state index in [1.165, 1.54) is 18.2 Å². The Hall–Kier alpha value is -2.71. The first kappa shape index (κ1) is 17.7. The number of hydrogen-bond acceptors (Lipinski definition) is 4. The molecule has 0 fully saturated rings. The lowest BCUT2D eigenvalue weighted by molar-refractivity contribution is -0.145. The van der Waals surface area contributed by atoms with E-state index in [9.17, 15) is 22.4 Å². The molecule has 0 saturated heterocycles. The number of carbonyl (C=O) groups is 1. The maximum Gasteiger partial charge on any atom is 0.453 e. The summed E-state index contributed by atoms with van der Waals surface area (Å²) in [6.45, 7) is 3.82. The van der Waals surface area contributed by atoms with Gasteiger partial charge in [0.1, 0.15) is 11.9 Å². The number of ketones is 1. The third-order valence-corrected chi connectivity index (χ3v) is 4.75. The van der Waals surface area contributed by atoms with Crippen molar-refractivity contribution in [3.8, 4) is 0 Å². The number of alkyl halides is 3. The van der Waals surface area contributed by atoms with E-state index in [2.05, 4.69) is 15.4 Å². The van der Waals surface area contributed by atoms with E-state index in [0.717, 1.165) is 4.68 Å². The molecule has 0 amide bonds. The van der Waals surface area contributed by atoms with Crippen LogP contribution in [0.5, 0.6) is 0 Å². The average molecular weight is 380 g/mol. The number of anilines is 1. The number of Topliss-reactive ketones (excluding diaryl/α,β-unsaturated/α-hetero) is 1. The molecule has 142 valence electrons. The molecule has 2 aliphatic rings. The third-order valence-electron chi connectivity index (χ3n) is 4.75. The molecule has 1 atom stereocenters. The van der Waals surface area contributed by atoms with E-state index in [0.29, 0.717) is 23.3 Å². The van der Waals surface area contributed by atoms with Gasteiger partial charge in [-0.25, -0.2) is 9.07 Å². The van der Waals surface area contributed by atoms with Gasteiger partial charge < -0.3 is 5.32 Å². The zero-order chi connectivity index (χ0) is 19.6. The van der Waals surface area contributed by atoms with Crippen molar-refractivity contribution in [1.82, 2.24) is 14.8 Å². The molecule has 0 bridgehead atoms. The highest BCUT2D eigenvalue weighted by molar-refractivity contribution is 6.00. The minimum Gasteiger partial charge on any atom is -0.328 e. The van der Waals surface area contributed by atoms with Crippen molar-refractivity contribution in [3.05, 3.63) is 52.7 Å². The van der Waals surface area contributed by atoms with E-state index >= 15 is 0 Å². The van der Waals surface area contributed by atoms with Crippen molar-refractivity contribution in [1.29, 1.82) is 0 Å². The predicted molar refractivity (Wildman–Crippen MR) is 88.2 cm³/mol. The van der Waals surface area contributed by atoms with Gasteiger partial charge in [0.15, 0.2) is 5.78 Å². The first-order chi connectivity index (χ1) is 12.5. The topological polar surface area (TPSA) is 59.8 Å². The molecule has 4 rings (SSSR count). The summed E-state index contributed by atoms with van der Waals surface area (Å²) < 4.78 is 54.2. The summed E-state index contributed by atoms with van der Waals surface area (Å²) in [5, 5.41) is 6.43. The first-order valence-electron chi connectivity index (χ1n) is 8.38. The Bertz CT molecular complexity index is 974. The van der Waals surface area contributed by atoms with Crippen LogP contribution in [0.1, 0.15) is 44.1 Å². The molecule has 27 heavy (non-hydrogen) atoms. The van der Waals surface area contributed by atoms with E-state index in [1.807, 2.05) is 13.8 Å². The monoisotopic (exact) mass is 380 g/mol. The number of benzene rings is 1. The Morgan fingerprint density at radius 1 is 1.26 bits per heavy atom. The summed E-state index contributed by atoms with van der Waals surface area (Å²) in [4.78, 5) is 16.4. The molecule has 0 unspecified atom stereocenters. The Morgan fingerprint density at radius 3 is 2.67 bits per heavy atom. The zero-order valence-electron chi connectivity index (χ0n) is 14.6. The number of nitrogens with zero attached hydrogens (tertiary/aromatic N) is 3. The molecule has 0 spiro atoms. The number of halogens is 4. The van der Waals surface area contributed by atoms with Crippen molar-refractivity contribution in [2.24, 2.45) is 5.41 Å². The second kappa shape index (κ2) is 5.64. The number of aromatic nitrogens is 3.